The molecule has 0 radical (unpaired) electrons. The second-order valence-corrected chi connectivity index (χ2v) is 6.21. The normalized spacial score (nSPS) is 24.6. The molecule has 1 rings (SSSR count). The monoisotopic (exact) mass is 284 g/mol. The minimum absolute atomic E-state index is 0.0298. The lowest BCUT2D eigenvalue weighted by Crippen LogP contribution is -2.47. The van der Waals surface area contributed by atoms with Gasteiger partial charge in [0.2, 0.25) is 11.8 Å². The Kier molecular flexibility index (Phi) is 5.99. The predicted molar refractivity (Wildman–Crippen MR) is 78.3 cm³/mol. The van der Waals surface area contributed by atoms with Gasteiger partial charge in [-0.15, -0.1) is 0 Å². The van der Waals surface area contributed by atoms with Gasteiger partial charge in [-0.1, -0.05) is 13.3 Å². The Morgan fingerprint density at radius 2 is 2.05 bits per heavy atom. The molecule has 1 fully saturated rings. The molecular formula is C15H28N2O3. The number of hydrogen-bond donors (Lipinski definition) is 1. The van der Waals surface area contributed by atoms with Crippen molar-refractivity contribution in [1.29, 1.82) is 0 Å². The molecule has 116 valence electrons. The second-order valence-electron chi connectivity index (χ2n) is 6.21. The third-order valence-electron chi connectivity index (χ3n) is 4.01. The average Bonchev–Trinajstić information content (AvgIpc) is 2.46. The molecule has 5 heteroatoms. The van der Waals surface area contributed by atoms with Crippen molar-refractivity contribution >= 4 is 11.8 Å². The summed E-state index contributed by atoms with van der Waals surface area (Å²) in [6.07, 6.45) is 2.70. The Balaban J connectivity index is 2.79. The number of amides is 2. The summed E-state index contributed by atoms with van der Waals surface area (Å²) in [5.41, 5.74) is -0.260. The van der Waals surface area contributed by atoms with Crippen LogP contribution in [-0.2, 0) is 14.3 Å². The first-order valence-corrected chi connectivity index (χ1v) is 7.45. The van der Waals surface area contributed by atoms with E-state index in [-0.39, 0.29) is 29.5 Å². The van der Waals surface area contributed by atoms with E-state index in [1.807, 2.05) is 32.6 Å². The molecule has 0 aromatic rings. The molecule has 2 unspecified atom stereocenters. The van der Waals surface area contributed by atoms with Crippen LogP contribution in [0.2, 0.25) is 0 Å². The number of carbonyl (C=O) groups is 2. The Bertz CT molecular complexity index is 355. The summed E-state index contributed by atoms with van der Waals surface area (Å²) in [6.45, 7) is 8.59. The summed E-state index contributed by atoms with van der Waals surface area (Å²) in [5.74, 6) is 0.00917. The standard InChI is InChI=1S/C15H28N2O3/c1-6-7-12-14(19)17(9-8-15(3,4)20-5)11(2)10-13(18)16-12/h11-12H,6-10H2,1-5H3,(H,16,18). The molecule has 20 heavy (non-hydrogen) atoms. The van der Waals surface area contributed by atoms with E-state index in [1.54, 1.807) is 7.11 Å². The third kappa shape index (κ3) is 4.47. The minimum atomic E-state index is -0.372. The SMILES string of the molecule is CCCC1NC(=O)CC(C)N(CCC(C)(C)OC)C1=O. The molecule has 1 aliphatic heterocycles. The summed E-state index contributed by atoms with van der Waals surface area (Å²) in [6, 6.07) is -0.430. The molecule has 0 aromatic heterocycles. The van der Waals surface area contributed by atoms with Crippen molar-refractivity contribution in [2.24, 2.45) is 0 Å². The Morgan fingerprint density at radius 1 is 1.40 bits per heavy atom. The van der Waals surface area contributed by atoms with Gasteiger partial charge < -0.3 is 15.0 Å². The summed E-state index contributed by atoms with van der Waals surface area (Å²) >= 11 is 0. The molecule has 5 nitrogen and oxygen atoms in total. The number of hydrogen-bond acceptors (Lipinski definition) is 3. The Morgan fingerprint density at radius 3 is 2.60 bits per heavy atom. The zero-order chi connectivity index (χ0) is 15.3. The fourth-order valence-corrected chi connectivity index (χ4v) is 2.42. The van der Waals surface area contributed by atoms with Crippen LogP contribution in [0.15, 0.2) is 0 Å². The van der Waals surface area contributed by atoms with Gasteiger partial charge in [0.15, 0.2) is 0 Å². The number of nitrogens with zero attached hydrogens (tertiary/aromatic N) is 1. The highest BCUT2D eigenvalue weighted by atomic mass is 16.5. The molecule has 1 heterocycles. The van der Waals surface area contributed by atoms with Crippen LogP contribution in [0.1, 0.15) is 53.4 Å². The van der Waals surface area contributed by atoms with E-state index in [0.29, 0.717) is 19.4 Å². The van der Waals surface area contributed by atoms with Gasteiger partial charge in [0.1, 0.15) is 6.04 Å². The smallest absolute Gasteiger partial charge is 0.245 e. The molecule has 1 saturated heterocycles. The van der Waals surface area contributed by atoms with Crippen molar-refractivity contribution in [3.8, 4) is 0 Å². The summed E-state index contributed by atoms with van der Waals surface area (Å²) in [5, 5.41) is 2.84. The van der Waals surface area contributed by atoms with Gasteiger partial charge in [0.25, 0.3) is 0 Å². The number of methoxy groups -OCH3 is 1. The van der Waals surface area contributed by atoms with Crippen LogP contribution in [0.4, 0.5) is 0 Å². The molecule has 0 aliphatic carbocycles. The number of rotatable bonds is 6. The molecule has 2 atom stereocenters. The van der Waals surface area contributed by atoms with Gasteiger partial charge >= 0.3 is 0 Å². The Labute approximate surface area is 122 Å². The van der Waals surface area contributed by atoms with Gasteiger partial charge in [-0.2, -0.15) is 0 Å². The van der Waals surface area contributed by atoms with E-state index in [0.717, 1.165) is 12.8 Å². The molecule has 0 spiro atoms. The molecule has 0 saturated carbocycles. The average molecular weight is 284 g/mol. The number of carbonyl (C=O) groups excluding carboxylic acids is 2. The first-order chi connectivity index (χ1) is 9.30. The van der Waals surface area contributed by atoms with Crippen LogP contribution in [0.5, 0.6) is 0 Å². The summed E-state index contributed by atoms with van der Waals surface area (Å²) in [4.78, 5) is 26.2. The van der Waals surface area contributed by atoms with Crippen LogP contribution < -0.4 is 5.32 Å². The fraction of sp³-hybridized carbons (Fsp3) is 0.867. The molecular weight excluding hydrogens is 256 g/mol. The highest BCUT2D eigenvalue weighted by molar-refractivity contribution is 5.90. The molecule has 1 N–H and O–H groups in total. The first-order valence-electron chi connectivity index (χ1n) is 7.45. The van der Waals surface area contributed by atoms with E-state index in [9.17, 15) is 9.59 Å². The van der Waals surface area contributed by atoms with Crippen molar-refractivity contribution in [2.75, 3.05) is 13.7 Å². The highest BCUT2D eigenvalue weighted by Crippen LogP contribution is 2.19. The Hall–Kier alpha value is -1.10. The van der Waals surface area contributed by atoms with Crippen molar-refractivity contribution < 1.29 is 14.3 Å². The van der Waals surface area contributed by atoms with Crippen LogP contribution >= 0.6 is 0 Å². The second kappa shape index (κ2) is 7.07. The predicted octanol–water partition coefficient (Wildman–Crippen LogP) is 1.71. The van der Waals surface area contributed by atoms with Gasteiger partial charge in [-0.25, -0.2) is 0 Å². The van der Waals surface area contributed by atoms with Gasteiger partial charge in [-0.05, 0) is 33.6 Å². The lowest BCUT2D eigenvalue weighted by Gasteiger charge is -2.32. The zero-order valence-corrected chi connectivity index (χ0v) is 13.4. The number of nitrogens with one attached hydrogen (secondary N) is 1. The quantitative estimate of drug-likeness (QED) is 0.808. The van der Waals surface area contributed by atoms with Crippen LogP contribution in [0, 0.1) is 0 Å². The van der Waals surface area contributed by atoms with Crippen LogP contribution in [0.25, 0.3) is 0 Å². The minimum Gasteiger partial charge on any atom is -0.379 e. The fourth-order valence-electron chi connectivity index (χ4n) is 2.42. The maximum atomic E-state index is 12.6. The van der Waals surface area contributed by atoms with Crippen molar-refractivity contribution in [3.05, 3.63) is 0 Å². The summed E-state index contributed by atoms with van der Waals surface area (Å²) in [7, 11) is 1.68. The molecule has 2 amide bonds. The zero-order valence-electron chi connectivity index (χ0n) is 13.4. The lowest BCUT2D eigenvalue weighted by molar-refractivity contribution is -0.135. The van der Waals surface area contributed by atoms with E-state index in [4.69, 9.17) is 4.74 Å². The number of ether oxygens (including phenoxy) is 1. The maximum absolute atomic E-state index is 12.6. The molecule has 1 aliphatic rings. The van der Waals surface area contributed by atoms with Crippen LogP contribution in [-0.4, -0.2) is 48.1 Å². The highest BCUT2D eigenvalue weighted by Gasteiger charge is 2.34. The topological polar surface area (TPSA) is 58.6 Å². The van der Waals surface area contributed by atoms with Gasteiger partial charge in [0, 0.05) is 26.1 Å². The van der Waals surface area contributed by atoms with Gasteiger partial charge in [0.05, 0.1) is 5.60 Å². The first kappa shape index (κ1) is 17.0. The maximum Gasteiger partial charge on any atom is 0.245 e. The van der Waals surface area contributed by atoms with E-state index in [2.05, 4.69) is 5.32 Å². The van der Waals surface area contributed by atoms with Crippen molar-refractivity contribution in [1.82, 2.24) is 10.2 Å². The van der Waals surface area contributed by atoms with E-state index >= 15 is 0 Å². The summed E-state index contributed by atoms with van der Waals surface area (Å²) < 4.78 is 5.41. The van der Waals surface area contributed by atoms with Gasteiger partial charge in [-0.3, -0.25) is 9.59 Å². The third-order valence-corrected chi connectivity index (χ3v) is 4.01. The van der Waals surface area contributed by atoms with Crippen LogP contribution in [0.3, 0.4) is 0 Å². The van der Waals surface area contributed by atoms with Crippen molar-refractivity contribution in [3.63, 3.8) is 0 Å². The lowest BCUT2D eigenvalue weighted by atomic mass is 10.0. The largest absolute Gasteiger partial charge is 0.379 e. The van der Waals surface area contributed by atoms with E-state index in [1.165, 1.54) is 0 Å². The molecule has 0 bridgehead atoms. The molecule has 0 aromatic carbocycles. The van der Waals surface area contributed by atoms with E-state index < -0.39 is 0 Å². The van der Waals surface area contributed by atoms with Crippen molar-refractivity contribution in [2.45, 2.75) is 71.1 Å².